The minimum absolute atomic E-state index is 0.0278. The predicted octanol–water partition coefficient (Wildman–Crippen LogP) is -0.0372. The van der Waals surface area contributed by atoms with Crippen LogP contribution in [0.25, 0.3) is 0 Å². The van der Waals surface area contributed by atoms with Crippen LogP contribution in [0.15, 0.2) is 28.2 Å². The molecule has 6 nitrogen and oxygen atoms in total. The number of nitrogens with zero attached hydrogens (tertiary/aromatic N) is 1. The van der Waals surface area contributed by atoms with Crippen molar-refractivity contribution < 1.29 is 13.5 Å². The summed E-state index contributed by atoms with van der Waals surface area (Å²) in [6, 6.07) is 3.89. The molecule has 0 spiro atoms. The lowest BCUT2D eigenvalue weighted by Gasteiger charge is -2.02. The van der Waals surface area contributed by atoms with Crippen molar-refractivity contribution >= 4 is 33.4 Å². The lowest BCUT2D eigenvalue weighted by Crippen LogP contribution is -2.24. The summed E-state index contributed by atoms with van der Waals surface area (Å²) in [5, 5.41) is 13.1. The van der Waals surface area contributed by atoms with Crippen molar-refractivity contribution in [2.75, 3.05) is 6.26 Å². The molecule has 0 fully saturated rings. The summed E-state index contributed by atoms with van der Waals surface area (Å²) in [4.78, 5) is 0.0899. The van der Waals surface area contributed by atoms with E-state index in [1.165, 1.54) is 24.4 Å². The van der Waals surface area contributed by atoms with Crippen LogP contribution in [0.3, 0.4) is 0 Å². The number of hydrogen-bond acceptors (Lipinski definition) is 5. The highest BCUT2D eigenvalue weighted by molar-refractivity contribution is 7.90. The molecule has 92 valence electrons. The van der Waals surface area contributed by atoms with Gasteiger partial charge in [0.15, 0.2) is 14.9 Å². The van der Waals surface area contributed by atoms with Gasteiger partial charge in [-0.15, -0.1) is 0 Å². The Balaban J connectivity index is 3.07. The average molecular weight is 273 g/mol. The Morgan fingerprint density at radius 2 is 2.24 bits per heavy atom. The molecule has 0 radical (unpaired) electrons. The monoisotopic (exact) mass is 273 g/mol. The number of benzene rings is 1. The maximum atomic E-state index is 11.3. The quantitative estimate of drug-likeness (QED) is 0.405. The van der Waals surface area contributed by atoms with Gasteiger partial charge in [-0.1, -0.05) is 0 Å². The molecule has 0 bridgehead atoms. The van der Waals surface area contributed by atoms with Crippen molar-refractivity contribution in [1.82, 2.24) is 5.43 Å². The van der Waals surface area contributed by atoms with Gasteiger partial charge < -0.3 is 10.8 Å². The van der Waals surface area contributed by atoms with Gasteiger partial charge >= 0.3 is 0 Å². The van der Waals surface area contributed by atoms with Gasteiger partial charge in [0.2, 0.25) is 0 Å². The molecule has 0 aromatic heterocycles. The van der Waals surface area contributed by atoms with Crippen molar-refractivity contribution in [2.24, 2.45) is 10.8 Å². The van der Waals surface area contributed by atoms with Crippen LogP contribution in [0, 0.1) is 0 Å². The SMILES string of the molecule is CS(=O)(=O)c1ccc(O)c(C=NNC(N)=S)c1. The van der Waals surface area contributed by atoms with Gasteiger partial charge in [-0.05, 0) is 30.4 Å². The van der Waals surface area contributed by atoms with Crippen LogP contribution in [0.1, 0.15) is 5.56 Å². The molecule has 0 atom stereocenters. The lowest BCUT2D eigenvalue weighted by molar-refractivity contribution is 0.474. The maximum absolute atomic E-state index is 11.3. The fourth-order valence-electron chi connectivity index (χ4n) is 1.03. The van der Waals surface area contributed by atoms with Crippen molar-refractivity contribution in [1.29, 1.82) is 0 Å². The van der Waals surface area contributed by atoms with Crippen molar-refractivity contribution in [3.8, 4) is 5.75 Å². The molecular formula is C9H11N3O3S2. The fraction of sp³-hybridized carbons (Fsp3) is 0.111. The van der Waals surface area contributed by atoms with Crippen LogP contribution in [-0.4, -0.2) is 31.1 Å². The number of sulfone groups is 1. The summed E-state index contributed by atoms with van der Waals surface area (Å²) in [5.74, 6) is -0.0918. The number of phenols is 1. The third-order valence-electron chi connectivity index (χ3n) is 1.81. The third-order valence-corrected chi connectivity index (χ3v) is 3.01. The predicted molar refractivity (Wildman–Crippen MR) is 68.7 cm³/mol. The Hall–Kier alpha value is -1.67. The summed E-state index contributed by atoms with van der Waals surface area (Å²) < 4.78 is 22.6. The second-order valence-electron chi connectivity index (χ2n) is 3.23. The van der Waals surface area contributed by atoms with Gasteiger partial charge in [0.05, 0.1) is 11.1 Å². The number of hydrogen-bond donors (Lipinski definition) is 3. The van der Waals surface area contributed by atoms with Gasteiger partial charge in [-0.25, -0.2) is 8.42 Å². The van der Waals surface area contributed by atoms with Gasteiger partial charge in [0.25, 0.3) is 0 Å². The second-order valence-corrected chi connectivity index (χ2v) is 5.68. The van der Waals surface area contributed by atoms with Gasteiger partial charge in [0, 0.05) is 11.8 Å². The molecule has 0 aliphatic heterocycles. The smallest absolute Gasteiger partial charge is 0.184 e. The zero-order valence-corrected chi connectivity index (χ0v) is 10.5. The summed E-state index contributed by atoms with van der Waals surface area (Å²) in [6.45, 7) is 0. The van der Waals surface area contributed by atoms with E-state index in [4.69, 9.17) is 5.73 Å². The topological polar surface area (TPSA) is 105 Å². The zero-order valence-electron chi connectivity index (χ0n) is 8.91. The minimum Gasteiger partial charge on any atom is -0.507 e. The third kappa shape index (κ3) is 4.00. The van der Waals surface area contributed by atoms with E-state index in [1.807, 2.05) is 0 Å². The Labute approximate surface area is 104 Å². The number of rotatable bonds is 3. The molecule has 8 heteroatoms. The molecule has 0 aliphatic carbocycles. The van der Waals surface area contributed by atoms with Crippen molar-refractivity contribution in [3.63, 3.8) is 0 Å². The molecule has 1 aromatic carbocycles. The number of hydrazone groups is 1. The first kappa shape index (κ1) is 13.4. The molecule has 0 amide bonds. The van der Waals surface area contributed by atoms with Crippen LogP contribution >= 0.6 is 12.2 Å². The van der Waals surface area contributed by atoms with E-state index in [0.29, 0.717) is 0 Å². The summed E-state index contributed by atoms with van der Waals surface area (Å²) in [5.41, 5.74) is 7.69. The van der Waals surface area contributed by atoms with E-state index in [-0.39, 0.29) is 21.3 Å². The number of nitrogens with two attached hydrogens (primary N) is 1. The molecule has 0 saturated heterocycles. The number of phenolic OH excluding ortho intramolecular Hbond substituents is 1. The van der Waals surface area contributed by atoms with Crippen LogP contribution in [0.5, 0.6) is 5.75 Å². The number of thiocarbonyl (C=S) groups is 1. The molecule has 4 N–H and O–H groups in total. The van der Waals surface area contributed by atoms with E-state index < -0.39 is 9.84 Å². The Morgan fingerprint density at radius 1 is 1.59 bits per heavy atom. The van der Waals surface area contributed by atoms with Gasteiger partial charge in [-0.3, -0.25) is 5.43 Å². The molecule has 0 unspecified atom stereocenters. The summed E-state index contributed by atoms with van der Waals surface area (Å²) in [6.07, 6.45) is 2.30. The van der Waals surface area contributed by atoms with Crippen LogP contribution in [-0.2, 0) is 9.84 Å². The molecule has 17 heavy (non-hydrogen) atoms. The Morgan fingerprint density at radius 3 is 2.76 bits per heavy atom. The summed E-state index contributed by atoms with van der Waals surface area (Å²) in [7, 11) is -3.33. The van der Waals surface area contributed by atoms with Crippen LogP contribution in [0.2, 0.25) is 0 Å². The first-order valence-corrected chi connectivity index (χ1v) is 6.72. The zero-order chi connectivity index (χ0) is 13.1. The van der Waals surface area contributed by atoms with Crippen molar-refractivity contribution in [2.45, 2.75) is 4.90 Å². The molecular weight excluding hydrogens is 262 g/mol. The fourth-order valence-corrected chi connectivity index (χ4v) is 1.74. The molecule has 1 aromatic rings. The molecule has 0 aliphatic rings. The van der Waals surface area contributed by atoms with Crippen molar-refractivity contribution in [3.05, 3.63) is 23.8 Å². The molecule has 0 saturated carbocycles. The van der Waals surface area contributed by atoms with E-state index in [0.717, 1.165) is 6.26 Å². The normalized spacial score (nSPS) is 11.6. The minimum atomic E-state index is -3.33. The highest BCUT2D eigenvalue weighted by Gasteiger charge is 2.09. The van der Waals surface area contributed by atoms with E-state index in [9.17, 15) is 13.5 Å². The van der Waals surface area contributed by atoms with Gasteiger partial charge in [-0.2, -0.15) is 5.10 Å². The van der Waals surface area contributed by atoms with E-state index in [2.05, 4.69) is 22.7 Å². The standard InChI is InChI=1S/C9H11N3O3S2/c1-17(14,15)7-2-3-8(13)6(4-7)5-11-12-9(10)16/h2-5,13H,1H3,(H3,10,12,16). The Kier molecular flexibility index (Phi) is 4.02. The van der Waals surface area contributed by atoms with E-state index >= 15 is 0 Å². The molecule has 1 rings (SSSR count). The number of nitrogens with one attached hydrogen (secondary N) is 1. The summed E-state index contributed by atoms with van der Waals surface area (Å²) >= 11 is 4.52. The van der Waals surface area contributed by atoms with E-state index in [1.54, 1.807) is 0 Å². The first-order valence-electron chi connectivity index (χ1n) is 4.42. The second kappa shape index (κ2) is 5.11. The Bertz CT molecular complexity index is 567. The largest absolute Gasteiger partial charge is 0.507 e. The number of aromatic hydroxyl groups is 1. The van der Waals surface area contributed by atoms with Crippen LogP contribution in [0.4, 0.5) is 0 Å². The highest BCUT2D eigenvalue weighted by Crippen LogP contribution is 2.19. The first-order chi connectivity index (χ1) is 7.80. The molecule has 0 heterocycles. The van der Waals surface area contributed by atoms with Gasteiger partial charge in [0.1, 0.15) is 5.75 Å². The highest BCUT2D eigenvalue weighted by atomic mass is 32.2. The maximum Gasteiger partial charge on any atom is 0.184 e. The lowest BCUT2D eigenvalue weighted by atomic mass is 10.2. The average Bonchev–Trinajstić information content (AvgIpc) is 2.18. The van der Waals surface area contributed by atoms with Crippen LogP contribution < -0.4 is 11.2 Å².